The van der Waals surface area contributed by atoms with Crippen LogP contribution in [0.3, 0.4) is 0 Å². The summed E-state index contributed by atoms with van der Waals surface area (Å²) in [5, 5.41) is 3.18. The molecule has 1 aromatic carbocycles. The highest BCUT2D eigenvalue weighted by atomic mass is 79.9. The highest BCUT2D eigenvalue weighted by molar-refractivity contribution is 9.10. The number of hydrogen-bond acceptors (Lipinski definition) is 4. The van der Waals surface area contributed by atoms with Crippen LogP contribution in [0.2, 0.25) is 0 Å². The molecule has 1 aromatic heterocycles. The van der Waals surface area contributed by atoms with Crippen LogP contribution in [0.15, 0.2) is 44.9 Å². The van der Waals surface area contributed by atoms with Gasteiger partial charge in [0.25, 0.3) is 5.56 Å². The standard InChI is InChI=1S/C18H22BrN3O2S/c1-12(2)6-7-20-16(23)11-25-17-18(24)22(9-8-21-17)14-4-5-15(19)13(3)10-14/h4-5,8-10,12H,6-7,11H2,1-3H3,(H,20,23). The molecule has 2 aromatic rings. The van der Waals surface area contributed by atoms with Gasteiger partial charge in [-0.25, -0.2) is 4.98 Å². The SMILES string of the molecule is Cc1cc(-n2ccnc(SCC(=O)NCCC(C)C)c2=O)ccc1Br. The van der Waals surface area contributed by atoms with E-state index in [1.165, 1.54) is 0 Å². The van der Waals surface area contributed by atoms with E-state index in [1.54, 1.807) is 17.0 Å². The average Bonchev–Trinajstić information content (AvgIpc) is 2.56. The molecule has 7 heteroatoms. The number of aromatic nitrogens is 2. The van der Waals surface area contributed by atoms with Gasteiger partial charge in [0.1, 0.15) is 0 Å². The van der Waals surface area contributed by atoms with Gasteiger partial charge < -0.3 is 5.32 Å². The number of thioether (sulfide) groups is 1. The Morgan fingerprint density at radius 2 is 2.16 bits per heavy atom. The third-order valence-corrected chi connectivity index (χ3v) is 5.46. The Balaban J connectivity index is 2.07. The van der Waals surface area contributed by atoms with E-state index in [4.69, 9.17) is 0 Å². The number of aryl methyl sites for hydroxylation is 1. The lowest BCUT2D eigenvalue weighted by atomic mass is 10.1. The molecule has 25 heavy (non-hydrogen) atoms. The number of carbonyl (C=O) groups excluding carboxylic acids is 1. The lowest BCUT2D eigenvalue weighted by Crippen LogP contribution is -2.28. The van der Waals surface area contributed by atoms with Crippen molar-refractivity contribution < 1.29 is 4.79 Å². The summed E-state index contributed by atoms with van der Waals surface area (Å²) in [4.78, 5) is 28.6. The second kappa shape index (κ2) is 9.20. The molecule has 0 aliphatic heterocycles. The summed E-state index contributed by atoms with van der Waals surface area (Å²) in [6.07, 6.45) is 4.16. The molecule has 0 aliphatic rings. The Morgan fingerprint density at radius 3 is 2.84 bits per heavy atom. The van der Waals surface area contributed by atoms with Gasteiger partial charge in [0.2, 0.25) is 5.91 Å². The Morgan fingerprint density at radius 1 is 1.40 bits per heavy atom. The quantitative estimate of drug-likeness (QED) is 0.691. The van der Waals surface area contributed by atoms with E-state index in [2.05, 4.69) is 40.1 Å². The Hall–Kier alpha value is -1.60. The van der Waals surface area contributed by atoms with Crippen LogP contribution in [0, 0.1) is 12.8 Å². The number of nitrogens with one attached hydrogen (secondary N) is 1. The smallest absolute Gasteiger partial charge is 0.287 e. The molecule has 0 radical (unpaired) electrons. The second-order valence-corrected chi connectivity index (χ2v) is 7.98. The summed E-state index contributed by atoms with van der Waals surface area (Å²) in [5.74, 6) is 0.649. The van der Waals surface area contributed by atoms with Gasteiger partial charge in [-0.3, -0.25) is 14.2 Å². The fourth-order valence-electron chi connectivity index (χ4n) is 2.16. The van der Waals surface area contributed by atoms with E-state index < -0.39 is 0 Å². The molecular weight excluding hydrogens is 402 g/mol. The van der Waals surface area contributed by atoms with Crippen molar-refractivity contribution in [2.45, 2.75) is 32.2 Å². The number of nitrogens with zero attached hydrogens (tertiary/aromatic N) is 2. The van der Waals surface area contributed by atoms with Crippen LogP contribution in [0.1, 0.15) is 25.8 Å². The Bertz CT molecular complexity index is 805. The molecule has 1 heterocycles. The molecule has 5 nitrogen and oxygen atoms in total. The maximum absolute atomic E-state index is 12.6. The van der Waals surface area contributed by atoms with Gasteiger partial charge in [0.05, 0.1) is 5.75 Å². The molecule has 0 saturated carbocycles. The minimum Gasteiger partial charge on any atom is -0.355 e. The molecule has 0 saturated heterocycles. The lowest BCUT2D eigenvalue weighted by Gasteiger charge is -2.09. The third-order valence-electron chi connectivity index (χ3n) is 3.61. The van der Waals surface area contributed by atoms with Gasteiger partial charge in [-0.2, -0.15) is 0 Å². The first-order chi connectivity index (χ1) is 11.9. The predicted octanol–water partition coefficient (Wildman–Crippen LogP) is 3.56. The topological polar surface area (TPSA) is 64.0 Å². The fourth-order valence-corrected chi connectivity index (χ4v) is 3.13. The second-order valence-electron chi connectivity index (χ2n) is 6.16. The number of amides is 1. The molecule has 0 fully saturated rings. The molecule has 2 rings (SSSR count). The van der Waals surface area contributed by atoms with Crippen LogP contribution in [0.5, 0.6) is 0 Å². The number of benzene rings is 1. The predicted molar refractivity (Wildman–Crippen MR) is 105 cm³/mol. The largest absolute Gasteiger partial charge is 0.355 e. The molecule has 0 spiro atoms. The normalized spacial score (nSPS) is 10.9. The van der Waals surface area contributed by atoms with Crippen LogP contribution < -0.4 is 10.9 Å². The van der Waals surface area contributed by atoms with Crippen LogP contribution in [0.25, 0.3) is 5.69 Å². The lowest BCUT2D eigenvalue weighted by molar-refractivity contribution is -0.118. The van der Waals surface area contributed by atoms with E-state index in [-0.39, 0.29) is 17.2 Å². The Kier molecular flexibility index (Phi) is 7.25. The fraction of sp³-hybridized carbons (Fsp3) is 0.389. The van der Waals surface area contributed by atoms with Crippen molar-refractivity contribution in [3.05, 3.63) is 51.0 Å². The first-order valence-corrected chi connectivity index (χ1v) is 9.90. The van der Waals surface area contributed by atoms with Gasteiger partial charge in [0, 0.05) is 29.1 Å². The van der Waals surface area contributed by atoms with Gasteiger partial charge >= 0.3 is 0 Å². The minimum atomic E-state index is -0.218. The van der Waals surface area contributed by atoms with Crippen LogP contribution in [0.4, 0.5) is 0 Å². The highest BCUT2D eigenvalue weighted by Crippen LogP contribution is 2.19. The molecule has 134 valence electrons. The molecule has 1 N–H and O–H groups in total. The van der Waals surface area contributed by atoms with Crippen LogP contribution in [-0.2, 0) is 4.79 Å². The Labute approximate surface area is 160 Å². The minimum absolute atomic E-state index is 0.0817. The van der Waals surface area contributed by atoms with E-state index in [0.29, 0.717) is 17.5 Å². The molecule has 0 atom stereocenters. The van der Waals surface area contributed by atoms with E-state index in [0.717, 1.165) is 33.9 Å². The first kappa shape index (κ1) is 19.7. The van der Waals surface area contributed by atoms with Gasteiger partial charge in [0.15, 0.2) is 5.03 Å². The summed E-state index contributed by atoms with van der Waals surface area (Å²) < 4.78 is 2.54. The molecule has 0 unspecified atom stereocenters. The van der Waals surface area contributed by atoms with E-state index in [1.807, 2.05) is 25.1 Å². The maximum Gasteiger partial charge on any atom is 0.287 e. The summed E-state index contributed by atoms with van der Waals surface area (Å²) in [5.41, 5.74) is 1.60. The molecule has 1 amide bonds. The zero-order valence-electron chi connectivity index (χ0n) is 14.6. The molecule has 0 bridgehead atoms. The summed E-state index contributed by atoms with van der Waals surface area (Å²) in [7, 11) is 0. The zero-order valence-corrected chi connectivity index (χ0v) is 17.0. The van der Waals surface area contributed by atoms with Gasteiger partial charge in [-0.1, -0.05) is 41.5 Å². The molecule has 0 aliphatic carbocycles. The summed E-state index contributed by atoms with van der Waals surface area (Å²) >= 11 is 4.62. The van der Waals surface area contributed by atoms with Crippen LogP contribution in [-0.4, -0.2) is 27.8 Å². The number of hydrogen-bond donors (Lipinski definition) is 1. The monoisotopic (exact) mass is 423 g/mol. The average molecular weight is 424 g/mol. The molecular formula is C18H22BrN3O2S. The van der Waals surface area contributed by atoms with Crippen molar-refractivity contribution in [2.24, 2.45) is 5.92 Å². The number of rotatable bonds is 7. The van der Waals surface area contributed by atoms with E-state index in [9.17, 15) is 9.59 Å². The van der Waals surface area contributed by atoms with Gasteiger partial charge in [-0.15, -0.1) is 0 Å². The van der Waals surface area contributed by atoms with Crippen molar-refractivity contribution >= 4 is 33.6 Å². The zero-order chi connectivity index (χ0) is 18.4. The third kappa shape index (κ3) is 5.71. The maximum atomic E-state index is 12.6. The van der Waals surface area contributed by atoms with Crippen molar-refractivity contribution in [1.82, 2.24) is 14.9 Å². The number of carbonyl (C=O) groups is 1. The van der Waals surface area contributed by atoms with E-state index >= 15 is 0 Å². The van der Waals surface area contributed by atoms with Crippen molar-refractivity contribution in [2.75, 3.05) is 12.3 Å². The first-order valence-electron chi connectivity index (χ1n) is 8.12. The summed E-state index contributed by atoms with van der Waals surface area (Å²) in [6, 6.07) is 5.70. The van der Waals surface area contributed by atoms with Crippen molar-refractivity contribution in [3.8, 4) is 5.69 Å². The van der Waals surface area contributed by atoms with Gasteiger partial charge in [-0.05, 0) is 43.0 Å². The van der Waals surface area contributed by atoms with Crippen molar-refractivity contribution in [3.63, 3.8) is 0 Å². The summed E-state index contributed by atoms with van der Waals surface area (Å²) in [6.45, 7) is 6.85. The number of halogens is 1. The van der Waals surface area contributed by atoms with Crippen LogP contribution >= 0.6 is 27.7 Å². The highest BCUT2D eigenvalue weighted by Gasteiger charge is 2.10. The van der Waals surface area contributed by atoms with Crippen molar-refractivity contribution in [1.29, 1.82) is 0 Å².